The predicted molar refractivity (Wildman–Crippen MR) is 199 cm³/mol. The van der Waals surface area contributed by atoms with Crippen LogP contribution in [0.5, 0.6) is 0 Å². The summed E-state index contributed by atoms with van der Waals surface area (Å²) in [6.45, 7) is 31.6. The first-order valence-electron chi connectivity index (χ1n) is 16.8. The molecule has 1 aliphatic rings. The van der Waals surface area contributed by atoms with E-state index in [4.69, 9.17) is 0 Å². The van der Waals surface area contributed by atoms with Crippen molar-refractivity contribution in [1.82, 2.24) is 0 Å². The van der Waals surface area contributed by atoms with Gasteiger partial charge in [0, 0.05) is 0 Å². The molecule has 0 saturated carbocycles. The van der Waals surface area contributed by atoms with Crippen molar-refractivity contribution in [3.8, 4) is 0 Å². The van der Waals surface area contributed by atoms with Gasteiger partial charge in [0.2, 0.25) is 0 Å². The summed E-state index contributed by atoms with van der Waals surface area (Å²) in [5, 5.41) is 5.48. The van der Waals surface area contributed by atoms with E-state index in [1.54, 1.807) is 0 Å². The minimum atomic E-state index is 0. The van der Waals surface area contributed by atoms with Crippen LogP contribution < -0.4 is 24.8 Å². The molecule has 0 bridgehead atoms. The minimum Gasteiger partial charge on any atom is -1.00 e. The smallest absolute Gasteiger partial charge is 0.0202 e. The summed E-state index contributed by atoms with van der Waals surface area (Å²) in [4.78, 5) is 0. The molecular weight excluding hydrogens is 691 g/mol. The maximum atomic E-state index is 3.48. The molecule has 0 saturated heterocycles. The zero-order valence-corrected chi connectivity index (χ0v) is 35.5. The molecule has 0 spiro atoms. The summed E-state index contributed by atoms with van der Waals surface area (Å²) < 4.78 is 2.21. The molecule has 0 aromatic heterocycles. The van der Waals surface area contributed by atoms with Crippen molar-refractivity contribution in [3.05, 3.63) is 112 Å². The number of allylic oxidation sites excluding steroid dienone is 4. The van der Waals surface area contributed by atoms with Gasteiger partial charge in [-0.2, -0.15) is 11.6 Å². The van der Waals surface area contributed by atoms with Crippen molar-refractivity contribution in [1.29, 1.82) is 0 Å². The van der Waals surface area contributed by atoms with Crippen molar-refractivity contribution < 1.29 is 49.0 Å². The molecule has 0 aliphatic heterocycles. The minimum absolute atomic E-state index is 0. The molecule has 5 rings (SSSR count). The van der Waals surface area contributed by atoms with E-state index in [-0.39, 0.29) is 41.1 Å². The van der Waals surface area contributed by atoms with Crippen molar-refractivity contribution in [2.45, 2.75) is 120 Å². The third-order valence-corrected chi connectivity index (χ3v) is 9.50. The molecule has 254 valence electrons. The fourth-order valence-corrected chi connectivity index (χ4v) is 6.25. The van der Waals surface area contributed by atoms with Crippen LogP contribution in [0.4, 0.5) is 0 Å². The number of fused-ring (bicyclic) bond motifs is 3. The zero-order valence-electron chi connectivity index (χ0n) is 31.5. The van der Waals surface area contributed by atoms with Gasteiger partial charge >= 0.3 is 89.5 Å². The molecule has 0 amide bonds. The molecule has 1 aliphatic carbocycles. The van der Waals surface area contributed by atoms with Crippen LogP contribution in [0.15, 0.2) is 84.0 Å². The summed E-state index contributed by atoms with van der Waals surface area (Å²) in [5.41, 5.74) is 9.45. The van der Waals surface area contributed by atoms with Gasteiger partial charge in [-0.25, -0.2) is 5.57 Å². The molecule has 0 heterocycles. The van der Waals surface area contributed by atoms with E-state index in [2.05, 4.69) is 180 Å². The van der Waals surface area contributed by atoms with Crippen LogP contribution in [0.25, 0.3) is 21.5 Å². The van der Waals surface area contributed by atoms with Crippen LogP contribution in [0.3, 0.4) is 0 Å². The van der Waals surface area contributed by atoms with Crippen molar-refractivity contribution in [3.63, 3.8) is 0 Å². The molecule has 4 aromatic rings. The second-order valence-electron chi connectivity index (χ2n) is 16.9. The molecule has 47 heavy (non-hydrogen) atoms. The molecule has 0 N–H and O–H groups in total. The van der Waals surface area contributed by atoms with Gasteiger partial charge in [0.15, 0.2) is 0 Å². The Morgan fingerprint density at radius 2 is 1.04 bits per heavy atom. The first kappa shape index (κ1) is 43.4. The van der Waals surface area contributed by atoms with Crippen molar-refractivity contribution in [2.75, 3.05) is 0 Å². The van der Waals surface area contributed by atoms with Gasteiger partial charge in [-0.1, -0.05) is 129 Å². The van der Waals surface area contributed by atoms with E-state index in [9.17, 15) is 0 Å². The van der Waals surface area contributed by atoms with E-state index in [1.165, 1.54) is 79.2 Å². The zero-order chi connectivity index (χ0) is 34.0. The van der Waals surface area contributed by atoms with Gasteiger partial charge in [-0.05, 0) is 10.8 Å². The van der Waals surface area contributed by atoms with Crippen LogP contribution in [-0.2, 0) is 40.5 Å². The molecule has 4 aromatic carbocycles. The normalized spacial score (nSPS) is 14.9. The van der Waals surface area contributed by atoms with Gasteiger partial charge in [0.1, 0.15) is 0 Å². The van der Waals surface area contributed by atoms with Gasteiger partial charge in [-0.3, -0.25) is 6.08 Å². The SMILES string of the molecule is CC(C)(C)c1ccc([CH]=[Zr+2])cc1.CC(C)(C)c1ccc2c(c1)[cH-]c1cc(C(C)(C)C)ccc12.CCC1=[C-]C(C)C=C1C(C)(C)C.[Cl-].[Cl-]. The van der Waals surface area contributed by atoms with E-state index >= 15 is 0 Å². The number of benzene rings is 3. The fourth-order valence-electron chi connectivity index (χ4n) is 5.77. The Bertz CT molecular complexity index is 1600. The second kappa shape index (κ2) is 16.8. The van der Waals surface area contributed by atoms with Crippen LogP contribution in [0.2, 0.25) is 0 Å². The summed E-state index contributed by atoms with van der Waals surface area (Å²) in [5.74, 6) is 0.522. The monoisotopic (exact) mass is 746 g/mol. The van der Waals surface area contributed by atoms with Gasteiger partial charge in [0.05, 0.1) is 0 Å². The largest absolute Gasteiger partial charge is 1.00 e. The van der Waals surface area contributed by atoms with Crippen LogP contribution >= 0.6 is 0 Å². The Morgan fingerprint density at radius 1 is 0.638 bits per heavy atom. The third kappa shape index (κ3) is 11.7. The number of hydrogen-bond acceptors (Lipinski definition) is 0. The fraction of sp³-hybridized carbons (Fsp3) is 0.455. The average Bonchev–Trinajstić information content (AvgIpc) is 3.51. The standard InChI is InChI=1S/C21H25.C12H19.C11H14.2ClH.Zr/c1-20(2,3)16-7-9-18-14(12-16)11-15-13-17(21(4,5)6)8-10-19(15)18;1-6-10-7-9(2)8-11(10)12(3,4)5;1-9-5-7-10(8-6-9)11(2,3)4;;;/h7-13H,1-6H3;8-9H,6H2,1-5H3;1,5-8H,2-4H3;2*1H;/q2*-1;;;;+2/p-2. The van der Waals surface area contributed by atoms with Gasteiger partial charge in [-0.15, -0.1) is 39.7 Å². The maximum Gasteiger partial charge on any atom is -0.0202 e. The Kier molecular flexibility index (Phi) is 15.5. The Hall–Kier alpha value is -1.66. The third-order valence-electron chi connectivity index (χ3n) is 8.68. The van der Waals surface area contributed by atoms with Gasteiger partial charge < -0.3 is 24.8 Å². The first-order chi connectivity index (χ1) is 20.6. The summed E-state index contributed by atoms with van der Waals surface area (Å²) in [6.07, 6.45) is 6.95. The molecule has 0 nitrogen and oxygen atoms in total. The quantitative estimate of drug-likeness (QED) is 0.199. The molecule has 0 radical (unpaired) electrons. The molecule has 1 atom stereocenters. The van der Waals surface area contributed by atoms with E-state index in [1.807, 2.05) is 0 Å². The van der Waals surface area contributed by atoms with Crippen LogP contribution in [0.1, 0.15) is 126 Å². The second-order valence-corrected chi connectivity index (χ2v) is 17.6. The van der Waals surface area contributed by atoms with E-state index in [0.29, 0.717) is 11.3 Å². The Balaban J connectivity index is 0.000000369. The molecule has 1 unspecified atom stereocenters. The van der Waals surface area contributed by atoms with E-state index < -0.39 is 0 Å². The van der Waals surface area contributed by atoms with Crippen LogP contribution in [0, 0.1) is 17.4 Å². The number of hydrogen-bond donors (Lipinski definition) is 0. The summed E-state index contributed by atoms with van der Waals surface area (Å²) in [6, 6.07) is 25.0. The Labute approximate surface area is 315 Å². The summed E-state index contributed by atoms with van der Waals surface area (Å²) >= 11 is 1.46. The molecule has 0 fully saturated rings. The van der Waals surface area contributed by atoms with E-state index in [0.717, 1.165) is 6.42 Å². The molecule has 3 heteroatoms. The number of halogens is 2. The Morgan fingerprint density at radius 3 is 1.36 bits per heavy atom. The first-order valence-corrected chi connectivity index (χ1v) is 18.2. The summed E-state index contributed by atoms with van der Waals surface area (Å²) in [7, 11) is 0. The van der Waals surface area contributed by atoms with Crippen molar-refractivity contribution >= 4 is 25.3 Å². The van der Waals surface area contributed by atoms with Crippen LogP contribution in [-0.4, -0.2) is 3.71 Å². The maximum absolute atomic E-state index is 3.48. The van der Waals surface area contributed by atoms with Crippen molar-refractivity contribution in [2.24, 2.45) is 11.3 Å². The van der Waals surface area contributed by atoms with Gasteiger partial charge in [0.25, 0.3) is 0 Å². The average molecular weight is 749 g/mol. The number of rotatable bonds is 2. The predicted octanol–water partition coefficient (Wildman–Crippen LogP) is 6.74. The topological polar surface area (TPSA) is 0 Å². The molecular formula is C44H58Cl2Zr-2.